The molecule has 13 nitrogen and oxygen atoms in total. The van der Waals surface area contributed by atoms with Gasteiger partial charge in [0.2, 0.25) is 0 Å². The molecule has 0 aliphatic carbocycles. The van der Waals surface area contributed by atoms with Crippen LogP contribution in [0.2, 0.25) is 0 Å². The topological polar surface area (TPSA) is 239 Å². The lowest BCUT2D eigenvalue weighted by molar-refractivity contribution is 0.0682. The van der Waals surface area contributed by atoms with E-state index in [1.54, 1.807) is 18.2 Å². The van der Waals surface area contributed by atoms with E-state index in [4.69, 9.17) is 33.4 Å². The molecular weight excluding hydrogens is 494 g/mol. The molecule has 0 bridgehead atoms. The van der Waals surface area contributed by atoms with Crippen LogP contribution < -0.4 is 23.2 Å². The molecule has 13 heteroatoms. The highest BCUT2D eigenvalue weighted by molar-refractivity contribution is 5.92. The van der Waals surface area contributed by atoms with E-state index >= 15 is 0 Å². The molecule has 0 aliphatic rings. The number of hydrogen-bond acceptors (Lipinski definition) is 11. The SMILES string of the molecule is N/C(=C\N(N)Cc1cccc(CN(N)/C=C(\N)c2ccc(C(=O)O)c(O)c2)n1)c1ccc(C(=O)O)c(O)c1. The monoisotopic (exact) mass is 521 g/mol. The molecule has 1 aromatic heterocycles. The lowest BCUT2D eigenvalue weighted by Crippen LogP contribution is -2.28. The quantitative estimate of drug-likeness (QED) is 0.138. The average molecular weight is 522 g/mol. The Bertz CT molecular complexity index is 1320. The van der Waals surface area contributed by atoms with E-state index in [1.165, 1.54) is 58.8 Å². The highest BCUT2D eigenvalue weighted by atomic mass is 16.4. The van der Waals surface area contributed by atoms with Gasteiger partial charge in [-0.3, -0.25) is 4.98 Å². The van der Waals surface area contributed by atoms with E-state index < -0.39 is 23.4 Å². The Morgan fingerprint density at radius 3 is 1.47 bits per heavy atom. The second-order valence-electron chi connectivity index (χ2n) is 8.21. The summed E-state index contributed by atoms with van der Waals surface area (Å²) < 4.78 is 0. The number of nitrogens with zero attached hydrogens (tertiary/aromatic N) is 3. The van der Waals surface area contributed by atoms with E-state index in [2.05, 4.69) is 4.98 Å². The van der Waals surface area contributed by atoms with Gasteiger partial charge in [-0.2, -0.15) is 0 Å². The number of aromatic hydroxyl groups is 2. The largest absolute Gasteiger partial charge is 0.507 e. The van der Waals surface area contributed by atoms with Crippen LogP contribution in [0.25, 0.3) is 11.4 Å². The summed E-state index contributed by atoms with van der Waals surface area (Å²) in [5, 5.41) is 40.4. The first kappa shape index (κ1) is 27.3. The predicted molar refractivity (Wildman–Crippen MR) is 138 cm³/mol. The number of hydrazine groups is 2. The molecule has 12 N–H and O–H groups in total. The third-order valence-corrected chi connectivity index (χ3v) is 5.29. The van der Waals surface area contributed by atoms with Gasteiger partial charge in [0.1, 0.15) is 22.6 Å². The fraction of sp³-hybridized carbons (Fsp3) is 0.0800. The highest BCUT2D eigenvalue weighted by Gasteiger charge is 2.12. The second-order valence-corrected chi connectivity index (χ2v) is 8.21. The number of aromatic nitrogens is 1. The van der Waals surface area contributed by atoms with Crippen molar-refractivity contribution in [1.29, 1.82) is 0 Å². The number of nitrogens with two attached hydrogens (primary N) is 4. The number of carboxylic acids is 2. The number of rotatable bonds is 10. The summed E-state index contributed by atoms with van der Waals surface area (Å²) in [7, 11) is 0. The van der Waals surface area contributed by atoms with Gasteiger partial charge in [-0.15, -0.1) is 0 Å². The fourth-order valence-corrected chi connectivity index (χ4v) is 3.46. The molecule has 0 aliphatic heterocycles. The zero-order valence-electron chi connectivity index (χ0n) is 20.0. The van der Waals surface area contributed by atoms with Crippen LogP contribution in [0.4, 0.5) is 0 Å². The van der Waals surface area contributed by atoms with Gasteiger partial charge in [0.05, 0.1) is 35.9 Å². The molecule has 0 unspecified atom stereocenters. The van der Waals surface area contributed by atoms with Gasteiger partial charge >= 0.3 is 11.9 Å². The maximum atomic E-state index is 11.1. The lowest BCUT2D eigenvalue weighted by Gasteiger charge is -2.17. The molecule has 0 radical (unpaired) electrons. The van der Waals surface area contributed by atoms with E-state index in [0.717, 1.165) is 0 Å². The van der Waals surface area contributed by atoms with Crippen LogP contribution in [0.3, 0.4) is 0 Å². The first-order valence-electron chi connectivity index (χ1n) is 11.0. The summed E-state index contributed by atoms with van der Waals surface area (Å²) in [4.78, 5) is 26.6. The minimum absolute atomic E-state index is 0.172. The van der Waals surface area contributed by atoms with Crippen molar-refractivity contribution in [3.63, 3.8) is 0 Å². The number of carbonyl (C=O) groups is 2. The Hall–Kier alpha value is -5.27. The molecule has 3 rings (SSSR count). The molecule has 3 aromatic rings. The van der Waals surface area contributed by atoms with Crippen molar-refractivity contribution in [2.75, 3.05) is 0 Å². The average Bonchev–Trinajstić information content (AvgIpc) is 2.83. The number of phenols is 2. The third kappa shape index (κ3) is 6.90. The number of pyridine rings is 1. The number of aromatic carboxylic acids is 2. The van der Waals surface area contributed by atoms with Crippen molar-refractivity contribution in [2.24, 2.45) is 23.2 Å². The summed E-state index contributed by atoms with van der Waals surface area (Å²) in [6.45, 7) is 0.344. The van der Waals surface area contributed by atoms with E-state index in [-0.39, 0.29) is 35.6 Å². The highest BCUT2D eigenvalue weighted by Crippen LogP contribution is 2.23. The Kier molecular flexibility index (Phi) is 8.37. The van der Waals surface area contributed by atoms with Crippen molar-refractivity contribution in [3.8, 4) is 11.5 Å². The van der Waals surface area contributed by atoms with Gasteiger partial charge in [-0.1, -0.05) is 18.2 Å². The Balaban J connectivity index is 1.66. The minimum atomic E-state index is -1.26. The van der Waals surface area contributed by atoms with Crippen LogP contribution in [-0.4, -0.2) is 47.4 Å². The van der Waals surface area contributed by atoms with Crippen LogP contribution in [0, 0.1) is 0 Å². The summed E-state index contributed by atoms with van der Waals surface area (Å²) in [5.41, 5.74) is 14.0. The van der Waals surface area contributed by atoms with Crippen molar-refractivity contribution in [3.05, 3.63) is 101 Å². The molecule has 0 spiro atoms. The molecule has 0 atom stereocenters. The van der Waals surface area contributed by atoms with E-state index in [0.29, 0.717) is 22.5 Å². The van der Waals surface area contributed by atoms with Crippen molar-refractivity contribution in [2.45, 2.75) is 13.1 Å². The van der Waals surface area contributed by atoms with Crippen LogP contribution in [0.1, 0.15) is 43.2 Å². The normalized spacial score (nSPS) is 11.7. The molecule has 0 amide bonds. The Labute approximate surface area is 217 Å². The van der Waals surface area contributed by atoms with Gasteiger partial charge in [0, 0.05) is 23.5 Å². The third-order valence-electron chi connectivity index (χ3n) is 5.29. The number of carboxylic acid groups (broad SMARTS) is 2. The van der Waals surface area contributed by atoms with Crippen molar-refractivity contribution < 1.29 is 30.0 Å². The zero-order chi connectivity index (χ0) is 28.0. The maximum absolute atomic E-state index is 11.1. The molecule has 1 heterocycles. The Morgan fingerprint density at radius 1 is 0.737 bits per heavy atom. The standard InChI is InChI=1S/C25H27N7O6/c26-20(14-4-6-18(24(35)36)22(33)8-14)12-31(28)10-16-2-1-3-17(30-16)11-32(29)13-21(27)15-5-7-19(25(37)38)23(34)9-15/h1-9,12-13,33-34H,10-11,26-29H2,(H,35,36)(H,37,38)/b20-12-,21-13-. The van der Waals surface area contributed by atoms with Crippen molar-refractivity contribution in [1.82, 2.24) is 15.0 Å². The Morgan fingerprint density at radius 2 is 1.13 bits per heavy atom. The van der Waals surface area contributed by atoms with Gasteiger partial charge in [-0.25, -0.2) is 21.3 Å². The first-order valence-corrected chi connectivity index (χ1v) is 11.0. The van der Waals surface area contributed by atoms with Gasteiger partial charge in [-0.05, 0) is 36.4 Å². The minimum Gasteiger partial charge on any atom is -0.507 e. The molecule has 0 saturated carbocycles. The number of benzene rings is 2. The molecule has 198 valence electrons. The van der Waals surface area contributed by atoms with Crippen molar-refractivity contribution >= 4 is 23.3 Å². The van der Waals surface area contributed by atoms with E-state index in [9.17, 15) is 19.8 Å². The smallest absolute Gasteiger partial charge is 0.339 e. The lowest BCUT2D eigenvalue weighted by atomic mass is 10.1. The molecule has 38 heavy (non-hydrogen) atoms. The molecule has 2 aromatic carbocycles. The zero-order valence-corrected chi connectivity index (χ0v) is 20.0. The van der Waals surface area contributed by atoms with Gasteiger partial charge in [0.25, 0.3) is 0 Å². The first-order chi connectivity index (χ1) is 17.9. The maximum Gasteiger partial charge on any atom is 0.339 e. The second kappa shape index (κ2) is 11.6. The summed E-state index contributed by atoms with van der Waals surface area (Å²) in [6, 6.07) is 13.1. The number of hydrogen-bond donors (Lipinski definition) is 8. The summed E-state index contributed by atoms with van der Waals surface area (Å²) in [5.74, 6) is 8.74. The van der Waals surface area contributed by atoms with Crippen LogP contribution >= 0.6 is 0 Å². The molecule has 0 saturated heterocycles. The molecule has 0 fully saturated rings. The fourth-order valence-electron chi connectivity index (χ4n) is 3.46. The van der Waals surface area contributed by atoms with Gasteiger partial charge < -0.3 is 41.9 Å². The van der Waals surface area contributed by atoms with E-state index in [1.807, 2.05) is 0 Å². The summed E-state index contributed by atoms with van der Waals surface area (Å²) in [6.07, 6.45) is 2.85. The van der Waals surface area contributed by atoms with Crippen LogP contribution in [0.15, 0.2) is 67.0 Å². The van der Waals surface area contributed by atoms with Crippen LogP contribution in [0.5, 0.6) is 11.5 Å². The van der Waals surface area contributed by atoms with Gasteiger partial charge in [0.15, 0.2) is 0 Å². The predicted octanol–water partition coefficient (Wildman–Crippen LogP) is 1.16. The summed E-state index contributed by atoms with van der Waals surface area (Å²) >= 11 is 0. The molecular formula is C25H27N7O6. The van der Waals surface area contributed by atoms with Crippen LogP contribution in [-0.2, 0) is 13.1 Å².